The highest BCUT2D eigenvalue weighted by atomic mass is 19.1. The van der Waals surface area contributed by atoms with Gasteiger partial charge in [-0.15, -0.1) is 0 Å². The first-order valence-corrected chi connectivity index (χ1v) is 16.9. The summed E-state index contributed by atoms with van der Waals surface area (Å²) in [6.07, 6.45) is 0.265. The van der Waals surface area contributed by atoms with Gasteiger partial charge in [0.25, 0.3) is 23.6 Å². The highest BCUT2D eigenvalue weighted by Crippen LogP contribution is 2.34. The number of amides is 4. The normalized spacial score (nSPS) is 23.3. The second-order valence-corrected chi connectivity index (χ2v) is 13.5. The van der Waals surface area contributed by atoms with E-state index >= 15 is 0 Å². The van der Waals surface area contributed by atoms with Crippen LogP contribution in [0.3, 0.4) is 0 Å². The second-order valence-electron chi connectivity index (χ2n) is 13.5. The Kier molecular flexibility index (Phi) is 10.3. The summed E-state index contributed by atoms with van der Waals surface area (Å²) in [7, 11) is 0. The lowest BCUT2D eigenvalue weighted by Crippen LogP contribution is -2.48. The first kappa shape index (κ1) is 35.8. The molecule has 15 heteroatoms. The molecule has 0 radical (unpaired) electrons. The quantitative estimate of drug-likeness (QED) is 0.292. The number of hydrogen-bond acceptors (Lipinski definition) is 12. The van der Waals surface area contributed by atoms with Gasteiger partial charge in [-0.3, -0.25) is 48.2 Å². The largest absolute Gasteiger partial charge is 0.396 e. The van der Waals surface area contributed by atoms with Crippen molar-refractivity contribution in [1.82, 2.24) is 15.1 Å². The van der Waals surface area contributed by atoms with Gasteiger partial charge in [-0.2, -0.15) is 0 Å². The molecule has 4 fully saturated rings. The van der Waals surface area contributed by atoms with Crippen LogP contribution in [0, 0.1) is 17.7 Å². The molecule has 0 spiro atoms. The Bertz CT molecular complexity index is 1830. The van der Waals surface area contributed by atoms with Gasteiger partial charge >= 0.3 is 0 Å². The summed E-state index contributed by atoms with van der Waals surface area (Å²) in [6, 6.07) is 6.67. The molecule has 2 atom stereocenters. The van der Waals surface area contributed by atoms with Gasteiger partial charge in [0.1, 0.15) is 17.4 Å². The molecule has 2 saturated heterocycles. The van der Waals surface area contributed by atoms with E-state index in [1.807, 2.05) is 4.90 Å². The van der Waals surface area contributed by atoms with Crippen LogP contribution in [-0.2, 0) is 19.2 Å². The number of fused-ring (bicyclic) bond motifs is 2. The fraction of sp³-hybridized carbons (Fsp3) is 0.444. The average Bonchev–Trinajstić information content (AvgIpc) is 3.44. The maximum absolute atomic E-state index is 13.2. The minimum Gasteiger partial charge on any atom is -0.396 e. The Labute approximate surface area is 291 Å². The highest BCUT2D eigenvalue weighted by molar-refractivity contribution is 6.25. The van der Waals surface area contributed by atoms with Gasteiger partial charge in [0.15, 0.2) is 11.6 Å². The molecule has 2 saturated carbocycles. The molecule has 8 rings (SSSR count). The van der Waals surface area contributed by atoms with Crippen LogP contribution < -0.4 is 10.2 Å². The van der Waals surface area contributed by atoms with Crippen LogP contribution in [0.4, 0.5) is 10.1 Å². The molecule has 2 unspecified atom stereocenters. The molecule has 268 valence electrons. The number of carbonyl (C=O) groups is 8. The number of nitrogens with zero attached hydrogens (tertiary/aromatic N) is 3. The molecular weight excluding hydrogens is 667 g/mol. The molecule has 0 aromatic heterocycles. The van der Waals surface area contributed by atoms with Crippen LogP contribution in [-0.4, -0.2) is 118 Å². The van der Waals surface area contributed by atoms with Crippen LogP contribution in [0.15, 0.2) is 36.4 Å². The fourth-order valence-electron chi connectivity index (χ4n) is 6.88. The van der Waals surface area contributed by atoms with Crippen LogP contribution in [0.1, 0.15) is 80.0 Å². The van der Waals surface area contributed by atoms with Gasteiger partial charge in [-0.25, -0.2) is 4.39 Å². The summed E-state index contributed by atoms with van der Waals surface area (Å²) in [5.74, 6) is -3.14. The van der Waals surface area contributed by atoms with Crippen LogP contribution in [0.25, 0.3) is 0 Å². The van der Waals surface area contributed by atoms with Gasteiger partial charge < -0.3 is 20.4 Å². The molecule has 3 N–H and O–H groups in total. The van der Waals surface area contributed by atoms with E-state index in [1.54, 1.807) is 18.2 Å². The molecule has 0 bridgehead atoms. The van der Waals surface area contributed by atoms with E-state index in [2.05, 4.69) is 5.32 Å². The van der Waals surface area contributed by atoms with E-state index in [4.69, 9.17) is 10.2 Å². The van der Waals surface area contributed by atoms with Gasteiger partial charge in [0.2, 0.25) is 0 Å². The number of anilines is 1. The topological polar surface area (TPSA) is 199 Å². The summed E-state index contributed by atoms with van der Waals surface area (Å²) >= 11 is 0. The molecule has 14 nitrogen and oxygen atoms in total. The number of Topliss-reactive ketones (excluding diaryl/α,β-unsaturated/α-hetero) is 4. The summed E-state index contributed by atoms with van der Waals surface area (Å²) in [4.78, 5) is 100. The van der Waals surface area contributed by atoms with Gasteiger partial charge in [-0.1, -0.05) is 0 Å². The van der Waals surface area contributed by atoms with Crippen molar-refractivity contribution in [1.29, 1.82) is 0 Å². The minimum atomic E-state index is -0.914. The van der Waals surface area contributed by atoms with Crippen molar-refractivity contribution in [2.24, 2.45) is 11.8 Å². The van der Waals surface area contributed by atoms with Crippen molar-refractivity contribution in [2.45, 2.75) is 50.6 Å². The number of nitrogens with one attached hydrogen (secondary N) is 1. The number of rotatable bonds is 5. The molecular formula is C36H37FN4O10. The molecule has 4 amide bonds. The highest BCUT2D eigenvalue weighted by Gasteiger charge is 2.46. The zero-order valence-electron chi connectivity index (χ0n) is 27.6. The van der Waals surface area contributed by atoms with Crippen molar-refractivity contribution in [3.05, 3.63) is 64.5 Å². The Hall–Kier alpha value is -4.99. The number of aliphatic hydroxyl groups is 2. The van der Waals surface area contributed by atoms with Crippen molar-refractivity contribution in [2.75, 3.05) is 44.3 Å². The molecule has 51 heavy (non-hydrogen) atoms. The van der Waals surface area contributed by atoms with Gasteiger partial charge in [0, 0.05) is 69.8 Å². The summed E-state index contributed by atoms with van der Waals surface area (Å²) in [5, 5.41) is 20.5. The standard InChI is InChI=1S/C18H18N2O5.C14H10FNO4.C4H9NO/c21-9-10-7-19(8-10)11-1-3-13-14(5-11)18(25)20(17(13)24)15-4-2-12(22)6-16(15)23;15-7-1-3-9-10(5-7)14(20)16(13(9)19)11-4-2-8(17)6-12(11)18;6-3-4-1-5-2-4/h1,3,5,10,15,21H,2,4,6-9H2;1,3,5,11H,2,4,6H2;4-6H,1-3H2. The second kappa shape index (κ2) is 14.7. The number of benzene rings is 2. The summed E-state index contributed by atoms with van der Waals surface area (Å²) in [5.41, 5.74) is 1.51. The van der Waals surface area contributed by atoms with E-state index in [1.165, 1.54) is 6.07 Å². The lowest BCUT2D eigenvalue weighted by Gasteiger charge is -2.40. The Morgan fingerprint density at radius 3 is 1.53 bits per heavy atom. The number of carbonyl (C=O) groups excluding carboxylic acids is 8. The van der Waals surface area contributed by atoms with E-state index in [-0.39, 0.29) is 79.5 Å². The first-order valence-electron chi connectivity index (χ1n) is 16.9. The fourth-order valence-corrected chi connectivity index (χ4v) is 6.88. The van der Waals surface area contributed by atoms with E-state index in [0.717, 1.165) is 40.7 Å². The van der Waals surface area contributed by atoms with Gasteiger partial charge in [-0.05, 0) is 49.2 Å². The molecule has 2 aliphatic carbocycles. The third-order valence-electron chi connectivity index (χ3n) is 9.99. The lowest BCUT2D eigenvalue weighted by molar-refractivity contribution is -0.134. The number of ketones is 4. The minimum absolute atomic E-state index is 0.0281. The molecule has 2 aromatic carbocycles. The van der Waals surface area contributed by atoms with Crippen LogP contribution in [0.2, 0.25) is 0 Å². The molecule has 4 heterocycles. The lowest BCUT2D eigenvalue weighted by atomic mass is 9.92. The Balaban J connectivity index is 0.000000154. The molecule has 4 aliphatic heterocycles. The van der Waals surface area contributed by atoms with Crippen molar-refractivity contribution in [3.8, 4) is 0 Å². The third-order valence-corrected chi connectivity index (χ3v) is 9.99. The monoisotopic (exact) mass is 704 g/mol. The van der Waals surface area contributed by atoms with E-state index in [9.17, 15) is 42.7 Å². The number of hydrogen-bond donors (Lipinski definition) is 3. The molecule has 6 aliphatic rings. The van der Waals surface area contributed by atoms with Crippen LogP contribution in [0.5, 0.6) is 0 Å². The van der Waals surface area contributed by atoms with Gasteiger partial charge in [0.05, 0.1) is 47.2 Å². The Morgan fingerprint density at radius 2 is 1.10 bits per heavy atom. The summed E-state index contributed by atoms with van der Waals surface area (Å²) < 4.78 is 13.2. The zero-order chi connectivity index (χ0) is 36.6. The van der Waals surface area contributed by atoms with Crippen molar-refractivity contribution in [3.63, 3.8) is 0 Å². The molecule has 2 aromatic rings. The number of aliphatic hydroxyl groups excluding tert-OH is 2. The van der Waals surface area contributed by atoms with E-state index in [0.29, 0.717) is 36.7 Å². The number of imide groups is 2. The zero-order valence-corrected chi connectivity index (χ0v) is 27.6. The van der Waals surface area contributed by atoms with Crippen LogP contribution >= 0.6 is 0 Å². The smallest absolute Gasteiger partial charge is 0.262 e. The maximum atomic E-state index is 13.2. The number of halogens is 1. The van der Waals surface area contributed by atoms with Crippen molar-refractivity contribution < 1.29 is 53.0 Å². The Morgan fingerprint density at radius 1 is 0.627 bits per heavy atom. The van der Waals surface area contributed by atoms with E-state index < -0.39 is 47.3 Å². The van der Waals surface area contributed by atoms with Crippen molar-refractivity contribution >= 4 is 52.4 Å². The SMILES string of the molecule is O=C1CCC(N2C(=O)c3ccc(F)cc3C2=O)C(=O)C1.O=C1CCC(N2C(=O)c3ccc(N4CC(CO)C4)cc3C2=O)C(=O)C1.OCC1CNC1. The predicted molar refractivity (Wildman–Crippen MR) is 175 cm³/mol. The summed E-state index contributed by atoms with van der Waals surface area (Å²) in [6.45, 7) is 3.93. The predicted octanol–water partition coefficient (Wildman–Crippen LogP) is 0.712. The first-order chi connectivity index (χ1) is 24.4. The average molecular weight is 705 g/mol. The maximum Gasteiger partial charge on any atom is 0.262 e. The third kappa shape index (κ3) is 7.01.